The maximum absolute atomic E-state index is 12.9. The zero-order valence-electron chi connectivity index (χ0n) is 51.2. The molecule has 0 aliphatic rings. The molecule has 0 aromatic heterocycles. The first-order valence-corrected chi connectivity index (χ1v) is 31.6. The quantitative estimate of drug-likeness (QED) is 0.0261. The van der Waals surface area contributed by atoms with Crippen molar-refractivity contribution < 1.29 is 28.6 Å². The van der Waals surface area contributed by atoms with Gasteiger partial charge in [0.15, 0.2) is 6.10 Å². The lowest BCUT2D eigenvalue weighted by atomic mass is 10.1. The number of carbonyl (C=O) groups excluding carboxylic acids is 3. The Morgan fingerprint density at radius 1 is 0.247 bits per heavy atom. The van der Waals surface area contributed by atoms with Gasteiger partial charge in [-0.15, -0.1) is 0 Å². The van der Waals surface area contributed by atoms with Crippen molar-refractivity contribution >= 4 is 17.9 Å². The Morgan fingerprint density at radius 2 is 0.444 bits per heavy atom. The Kier molecular flexibility index (Phi) is 61.6. The molecule has 6 nitrogen and oxygen atoms in total. The molecule has 0 N–H and O–H groups in total. The Balaban J connectivity index is 4.50. The van der Waals surface area contributed by atoms with Crippen LogP contribution in [0, 0.1) is 0 Å². The highest BCUT2D eigenvalue weighted by atomic mass is 16.6. The lowest BCUT2D eigenvalue weighted by molar-refractivity contribution is -0.167. The summed E-state index contributed by atoms with van der Waals surface area (Å²) < 4.78 is 16.8. The molecule has 0 bridgehead atoms. The van der Waals surface area contributed by atoms with E-state index in [2.05, 4.69) is 227 Å². The number of carbonyl (C=O) groups is 3. The number of unbranched alkanes of at least 4 members (excludes halogenated alkanes) is 9. The van der Waals surface area contributed by atoms with E-state index in [1.807, 2.05) is 0 Å². The molecule has 0 saturated heterocycles. The molecule has 0 aromatic carbocycles. The minimum atomic E-state index is -0.836. The summed E-state index contributed by atoms with van der Waals surface area (Å²) in [5.74, 6) is -1.04. The van der Waals surface area contributed by atoms with Crippen LogP contribution in [0.5, 0.6) is 0 Å². The summed E-state index contributed by atoms with van der Waals surface area (Å²) >= 11 is 0. The van der Waals surface area contributed by atoms with E-state index < -0.39 is 6.10 Å². The standard InChI is InChI=1S/C75H112O6/c1-4-7-10-13-16-19-22-25-27-29-31-32-33-34-35-36-37-38-39-40-41-42-44-45-47-50-53-56-59-62-65-68-74(77)80-71-72(70-79-73(76)67-64-61-58-55-52-49-24-21-18-15-12-9-6-3)81-75(78)69-66-63-60-57-54-51-48-46-43-30-28-26-23-20-17-14-11-8-5-2/h7-12,16-21,25-28,31-32,34-35,37-38,40-41,43-46,49-54,72H,4-6,13-15,22-24,29-30,33,36,39,42,47-48,55-71H2,1-3H3/b10-7-,11-8-,12-9-,19-16-,20-17-,21-18-,27-25-,28-26-,32-31-,35-34-,38-37-,41-40-,45-44-,46-43-,52-49-,53-50-,54-51-. The molecule has 1 atom stereocenters. The Bertz CT molecular complexity index is 2000. The van der Waals surface area contributed by atoms with Crippen molar-refractivity contribution in [2.75, 3.05) is 13.2 Å². The van der Waals surface area contributed by atoms with Crippen LogP contribution in [0.15, 0.2) is 207 Å². The summed E-state index contributed by atoms with van der Waals surface area (Å²) in [5, 5.41) is 0. The number of allylic oxidation sites excluding steroid dienone is 34. The molecular formula is C75H112O6. The molecule has 6 heteroatoms. The summed E-state index contributed by atoms with van der Waals surface area (Å²) in [5.41, 5.74) is 0. The summed E-state index contributed by atoms with van der Waals surface area (Å²) in [6.07, 6.45) is 103. The number of esters is 3. The molecule has 0 spiro atoms. The van der Waals surface area contributed by atoms with Gasteiger partial charge in [0.05, 0.1) is 0 Å². The van der Waals surface area contributed by atoms with Crippen molar-refractivity contribution in [3.8, 4) is 0 Å². The van der Waals surface area contributed by atoms with Crippen molar-refractivity contribution in [2.24, 2.45) is 0 Å². The highest BCUT2D eigenvalue weighted by Crippen LogP contribution is 2.12. The van der Waals surface area contributed by atoms with Crippen LogP contribution in [0.25, 0.3) is 0 Å². The second-order valence-corrected chi connectivity index (χ2v) is 19.8. The minimum Gasteiger partial charge on any atom is -0.462 e. The van der Waals surface area contributed by atoms with Gasteiger partial charge in [0, 0.05) is 19.3 Å². The lowest BCUT2D eigenvalue weighted by Gasteiger charge is -2.18. The van der Waals surface area contributed by atoms with Gasteiger partial charge in [0.25, 0.3) is 0 Å². The van der Waals surface area contributed by atoms with Gasteiger partial charge in [-0.2, -0.15) is 0 Å². The minimum absolute atomic E-state index is 0.129. The highest BCUT2D eigenvalue weighted by Gasteiger charge is 2.19. The van der Waals surface area contributed by atoms with Gasteiger partial charge in [-0.1, -0.05) is 247 Å². The van der Waals surface area contributed by atoms with Crippen LogP contribution in [-0.4, -0.2) is 37.2 Å². The van der Waals surface area contributed by atoms with Gasteiger partial charge < -0.3 is 14.2 Å². The van der Waals surface area contributed by atoms with Crippen LogP contribution in [0.3, 0.4) is 0 Å². The first-order chi connectivity index (χ1) is 40.0. The topological polar surface area (TPSA) is 78.9 Å². The molecule has 0 amide bonds. The zero-order valence-corrected chi connectivity index (χ0v) is 51.2. The van der Waals surface area contributed by atoms with Gasteiger partial charge >= 0.3 is 17.9 Å². The van der Waals surface area contributed by atoms with Crippen LogP contribution in [0.4, 0.5) is 0 Å². The van der Waals surface area contributed by atoms with E-state index in [-0.39, 0.29) is 37.5 Å². The van der Waals surface area contributed by atoms with E-state index in [1.54, 1.807) is 0 Å². The predicted octanol–water partition coefficient (Wildman–Crippen LogP) is 22.0. The third kappa shape index (κ3) is 64.7. The van der Waals surface area contributed by atoms with Crippen molar-refractivity contribution in [1.82, 2.24) is 0 Å². The van der Waals surface area contributed by atoms with E-state index in [0.29, 0.717) is 19.3 Å². The Labute approximate surface area is 496 Å². The monoisotopic (exact) mass is 1110 g/mol. The van der Waals surface area contributed by atoms with E-state index in [4.69, 9.17) is 14.2 Å². The van der Waals surface area contributed by atoms with E-state index >= 15 is 0 Å². The highest BCUT2D eigenvalue weighted by molar-refractivity contribution is 5.71. The molecular weight excluding hydrogens is 997 g/mol. The average Bonchev–Trinajstić information content (AvgIpc) is 3.46. The van der Waals surface area contributed by atoms with Gasteiger partial charge in [-0.05, 0) is 167 Å². The van der Waals surface area contributed by atoms with E-state index in [1.165, 1.54) is 0 Å². The summed E-state index contributed by atoms with van der Waals surface area (Å²) in [6.45, 7) is 6.19. The molecule has 0 heterocycles. The van der Waals surface area contributed by atoms with Crippen LogP contribution in [-0.2, 0) is 28.6 Å². The Hall–Kier alpha value is -6.01. The fraction of sp³-hybridized carbons (Fsp3) is 0.507. The summed E-state index contributed by atoms with van der Waals surface area (Å²) in [4.78, 5) is 38.3. The van der Waals surface area contributed by atoms with Crippen LogP contribution >= 0.6 is 0 Å². The fourth-order valence-corrected chi connectivity index (χ4v) is 7.65. The van der Waals surface area contributed by atoms with Crippen molar-refractivity contribution in [3.05, 3.63) is 207 Å². The molecule has 0 aromatic rings. The van der Waals surface area contributed by atoms with Crippen molar-refractivity contribution in [1.29, 1.82) is 0 Å². The maximum atomic E-state index is 12.9. The largest absolute Gasteiger partial charge is 0.462 e. The van der Waals surface area contributed by atoms with E-state index in [9.17, 15) is 14.4 Å². The van der Waals surface area contributed by atoms with E-state index in [0.717, 1.165) is 180 Å². The van der Waals surface area contributed by atoms with Crippen LogP contribution in [0.2, 0.25) is 0 Å². The third-order valence-corrected chi connectivity index (χ3v) is 12.3. The molecule has 0 rings (SSSR count). The molecule has 0 aliphatic heterocycles. The smallest absolute Gasteiger partial charge is 0.306 e. The normalized spacial score (nSPS) is 13.6. The third-order valence-electron chi connectivity index (χ3n) is 12.3. The second kappa shape index (κ2) is 66.5. The molecule has 0 saturated carbocycles. The first-order valence-electron chi connectivity index (χ1n) is 31.6. The summed E-state index contributed by atoms with van der Waals surface area (Å²) in [6, 6.07) is 0. The molecule has 81 heavy (non-hydrogen) atoms. The lowest BCUT2D eigenvalue weighted by Crippen LogP contribution is -2.30. The van der Waals surface area contributed by atoms with Gasteiger partial charge in [0.1, 0.15) is 13.2 Å². The predicted molar refractivity (Wildman–Crippen MR) is 352 cm³/mol. The Morgan fingerprint density at radius 3 is 0.667 bits per heavy atom. The molecule has 448 valence electrons. The summed E-state index contributed by atoms with van der Waals surface area (Å²) in [7, 11) is 0. The van der Waals surface area contributed by atoms with Gasteiger partial charge in [-0.3, -0.25) is 14.4 Å². The molecule has 0 radical (unpaired) electrons. The number of ether oxygens (including phenoxy) is 3. The molecule has 0 aliphatic carbocycles. The van der Waals surface area contributed by atoms with Crippen molar-refractivity contribution in [3.63, 3.8) is 0 Å². The number of hydrogen-bond donors (Lipinski definition) is 0. The van der Waals surface area contributed by atoms with Gasteiger partial charge in [0.2, 0.25) is 0 Å². The average molecular weight is 1110 g/mol. The first kappa shape index (κ1) is 75.0. The maximum Gasteiger partial charge on any atom is 0.306 e. The molecule has 0 fully saturated rings. The second-order valence-electron chi connectivity index (χ2n) is 19.8. The SMILES string of the molecule is CC/C=C\C/C=C\C/C=C\C/C=C\C/C=C\C/C=C\C/C=C\C/C=C\C/C=C\CCCCCC(=O)OCC(COC(=O)CCCCC/C=C\C/C=C\C/C=C\CC)OC(=O)CCCCC/C=C\C/C=C\C/C=C\C/C=C\C/C=C\CC. The van der Waals surface area contributed by atoms with Crippen LogP contribution in [0.1, 0.15) is 226 Å². The fourth-order valence-electron chi connectivity index (χ4n) is 7.65. The molecule has 1 unspecified atom stereocenters. The number of rotatable bonds is 54. The zero-order chi connectivity index (χ0) is 58.5. The van der Waals surface area contributed by atoms with Gasteiger partial charge in [-0.25, -0.2) is 0 Å². The van der Waals surface area contributed by atoms with Crippen LogP contribution < -0.4 is 0 Å². The number of hydrogen-bond acceptors (Lipinski definition) is 6. The van der Waals surface area contributed by atoms with Crippen molar-refractivity contribution in [2.45, 2.75) is 232 Å².